The smallest absolute Gasteiger partial charge is 0.301 e. The number of ketones is 1. The number of carbonyl (C=O) groups is 2. The number of hydrogen-bond donors (Lipinski definition) is 1. The molecule has 3 aromatic heterocycles. The van der Waals surface area contributed by atoms with Crippen LogP contribution in [0.3, 0.4) is 0 Å². The van der Waals surface area contributed by atoms with Crippen LogP contribution >= 0.6 is 23.1 Å². The van der Waals surface area contributed by atoms with Crippen molar-refractivity contribution in [2.75, 3.05) is 18.1 Å². The number of imidazole rings is 1. The Bertz CT molecular complexity index is 2270. The molecule has 7 rings (SSSR count). The van der Waals surface area contributed by atoms with Crippen LogP contribution in [0.1, 0.15) is 35.5 Å². The fourth-order valence-electron chi connectivity index (χ4n) is 6.02. The zero-order valence-corrected chi connectivity index (χ0v) is 28.3. The number of anilines is 1. The van der Waals surface area contributed by atoms with E-state index in [1.54, 1.807) is 53.9 Å². The van der Waals surface area contributed by atoms with Crippen LogP contribution < -0.4 is 14.4 Å². The first kappa shape index (κ1) is 32.1. The van der Waals surface area contributed by atoms with E-state index in [-0.39, 0.29) is 23.1 Å². The highest BCUT2D eigenvalue weighted by atomic mass is 32.2. The minimum Gasteiger partial charge on any atom is -0.505 e. The number of amides is 1. The molecule has 1 atom stereocenters. The first-order valence-corrected chi connectivity index (χ1v) is 17.4. The highest BCUT2D eigenvalue weighted by molar-refractivity contribution is 8.00. The van der Waals surface area contributed by atoms with Crippen LogP contribution in [0.2, 0.25) is 0 Å². The van der Waals surface area contributed by atoms with Crippen LogP contribution in [-0.4, -0.2) is 49.6 Å². The van der Waals surface area contributed by atoms with Gasteiger partial charge in [-0.15, -0.1) is 10.2 Å². The molecular weight excluding hydrogens is 659 g/mol. The minimum atomic E-state index is -1.05. The largest absolute Gasteiger partial charge is 0.505 e. The maximum absolute atomic E-state index is 14.0. The van der Waals surface area contributed by atoms with Gasteiger partial charge in [0.05, 0.1) is 23.9 Å². The lowest BCUT2D eigenvalue weighted by Gasteiger charge is -2.23. The molecule has 4 heterocycles. The van der Waals surface area contributed by atoms with Crippen LogP contribution in [0.5, 0.6) is 11.5 Å². The summed E-state index contributed by atoms with van der Waals surface area (Å²) in [5.41, 5.74) is 2.97. The molecule has 6 aromatic rings. The predicted molar refractivity (Wildman–Crippen MR) is 191 cm³/mol. The Labute approximate surface area is 290 Å². The molecule has 246 valence electrons. The Balaban J connectivity index is 1.32. The molecule has 1 unspecified atom stereocenters. The summed E-state index contributed by atoms with van der Waals surface area (Å²) >= 11 is 2.71. The molecule has 49 heavy (non-hydrogen) atoms. The SMILES string of the molecule is C=CCOc1ccc(C2C(=C(O)c3c(C)nc4ccccn34)C(=O)C(=O)N2c2nnc(SCc3cccc4ccccc34)s2)cc1OCC. The quantitative estimate of drug-likeness (QED) is 0.0368. The van der Waals surface area contributed by atoms with Gasteiger partial charge in [0.1, 0.15) is 17.9 Å². The molecular formula is C37H31N5O5S2. The number of fused-ring (bicyclic) bond motifs is 2. The van der Waals surface area contributed by atoms with Gasteiger partial charge in [0.25, 0.3) is 5.78 Å². The average Bonchev–Trinajstić information content (AvgIpc) is 3.79. The van der Waals surface area contributed by atoms with Crippen LogP contribution in [0.15, 0.2) is 108 Å². The van der Waals surface area contributed by atoms with Gasteiger partial charge in [0.15, 0.2) is 21.6 Å². The van der Waals surface area contributed by atoms with Crippen molar-refractivity contribution in [3.8, 4) is 11.5 Å². The molecule has 1 aliphatic heterocycles. The molecule has 10 nitrogen and oxygen atoms in total. The van der Waals surface area contributed by atoms with E-state index in [2.05, 4.69) is 46.0 Å². The Morgan fingerprint density at radius 1 is 1.02 bits per heavy atom. The maximum atomic E-state index is 14.0. The summed E-state index contributed by atoms with van der Waals surface area (Å²) in [5, 5.41) is 23.2. The predicted octanol–water partition coefficient (Wildman–Crippen LogP) is 7.53. The molecule has 0 bridgehead atoms. The molecule has 1 saturated heterocycles. The third-order valence-corrected chi connectivity index (χ3v) is 10.3. The monoisotopic (exact) mass is 689 g/mol. The summed E-state index contributed by atoms with van der Waals surface area (Å²) in [6.07, 6.45) is 3.38. The van der Waals surface area contributed by atoms with E-state index in [0.29, 0.717) is 50.8 Å². The van der Waals surface area contributed by atoms with Crippen molar-refractivity contribution in [1.29, 1.82) is 0 Å². The second kappa shape index (κ2) is 13.6. The number of carbonyl (C=O) groups excluding carboxylic acids is 2. The minimum absolute atomic E-state index is 0.0962. The number of benzene rings is 3. The number of hydrogen-bond acceptors (Lipinski definition) is 10. The van der Waals surface area contributed by atoms with Gasteiger partial charge in [-0.3, -0.25) is 18.9 Å². The molecule has 0 radical (unpaired) electrons. The van der Waals surface area contributed by atoms with Gasteiger partial charge in [-0.2, -0.15) is 0 Å². The molecule has 3 aromatic carbocycles. The second-order valence-corrected chi connectivity index (χ2v) is 13.3. The lowest BCUT2D eigenvalue weighted by atomic mass is 9.96. The number of Topliss-reactive ketones (excluding diaryl/α,β-unsaturated/α-hetero) is 1. The standard InChI is InChI=1S/C37H31N5O5S2/c1-4-19-47-27-17-16-24(20-28(27)46-5-2)32-30(33(43)31-22(3)38-29-15-8-9-18-41(29)31)34(44)35(45)42(32)36-39-40-37(49-36)48-21-25-13-10-12-23-11-6-7-14-26(23)25/h4,6-18,20,32,43H,1,5,19,21H2,2-3H3. The summed E-state index contributed by atoms with van der Waals surface area (Å²) in [6, 6.07) is 23.9. The number of ether oxygens (including phenoxy) is 2. The van der Waals surface area contributed by atoms with Crippen molar-refractivity contribution in [1.82, 2.24) is 19.6 Å². The molecule has 1 aliphatic rings. The van der Waals surface area contributed by atoms with Gasteiger partial charge in [-0.05, 0) is 60.0 Å². The lowest BCUT2D eigenvalue weighted by molar-refractivity contribution is -0.132. The molecule has 1 fully saturated rings. The van der Waals surface area contributed by atoms with Gasteiger partial charge in [0.2, 0.25) is 5.13 Å². The van der Waals surface area contributed by atoms with Crippen molar-refractivity contribution >= 4 is 62.1 Å². The van der Waals surface area contributed by atoms with Gasteiger partial charge in [-0.1, -0.05) is 90.4 Å². The number of pyridine rings is 1. The fraction of sp³-hybridized carbons (Fsp3) is 0.162. The van der Waals surface area contributed by atoms with Crippen molar-refractivity contribution < 1.29 is 24.2 Å². The third kappa shape index (κ3) is 5.93. The van der Waals surface area contributed by atoms with E-state index < -0.39 is 17.7 Å². The van der Waals surface area contributed by atoms with E-state index in [0.717, 1.165) is 16.3 Å². The average molecular weight is 690 g/mol. The summed E-state index contributed by atoms with van der Waals surface area (Å²) in [5.74, 6) is -0.495. The van der Waals surface area contributed by atoms with Crippen molar-refractivity contribution in [2.45, 2.75) is 30.0 Å². The normalized spacial score (nSPS) is 15.7. The first-order valence-electron chi connectivity index (χ1n) is 15.6. The summed E-state index contributed by atoms with van der Waals surface area (Å²) in [7, 11) is 0. The number of rotatable bonds is 11. The highest BCUT2D eigenvalue weighted by Crippen LogP contribution is 2.46. The van der Waals surface area contributed by atoms with Gasteiger partial charge in [-0.25, -0.2) is 4.98 Å². The molecule has 1 N–H and O–H groups in total. The topological polar surface area (TPSA) is 119 Å². The Kier molecular flexibility index (Phi) is 8.89. The molecule has 0 aliphatic carbocycles. The number of thioether (sulfide) groups is 1. The van der Waals surface area contributed by atoms with Crippen molar-refractivity contribution in [3.05, 3.63) is 126 Å². The van der Waals surface area contributed by atoms with Gasteiger partial charge in [0, 0.05) is 11.9 Å². The summed E-state index contributed by atoms with van der Waals surface area (Å²) in [6.45, 7) is 7.92. The van der Waals surface area contributed by atoms with Crippen LogP contribution in [-0.2, 0) is 15.3 Å². The van der Waals surface area contributed by atoms with Crippen LogP contribution in [0.4, 0.5) is 5.13 Å². The zero-order valence-electron chi connectivity index (χ0n) is 26.7. The zero-order chi connectivity index (χ0) is 34.1. The Morgan fingerprint density at radius 2 is 1.84 bits per heavy atom. The van der Waals surface area contributed by atoms with Crippen LogP contribution in [0, 0.1) is 6.92 Å². The molecule has 0 spiro atoms. The first-order chi connectivity index (χ1) is 23.9. The van der Waals surface area contributed by atoms with E-state index in [1.165, 1.54) is 28.0 Å². The molecule has 1 amide bonds. The van der Waals surface area contributed by atoms with E-state index >= 15 is 0 Å². The van der Waals surface area contributed by atoms with Gasteiger partial charge >= 0.3 is 5.91 Å². The van der Waals surface area contributed by atoms with E-state index in [1.807, 2.05) is 31.2 Å². The number of aliphatic hydroxyl groups is 1. The summed E-state index contributed by atoms with van der Waals surface area (Å²) in [4.78, 5) is 33.8. The van der Waals surface area contributed by atoms with E-state index in [9.17, 15) is 14.7 Å². The summed E-state index contributed by atoms with van der Waals surface area (Å²) < 4.78 is 14.1. The Morgan fingerprint density at radius 3 is 2.67 bits per heavy atom. The maximum Gasteiger partial charge on any atom is 0.301 e. The number of aryl methyl sites for hydroxylation is 1. The number of aromatic nitrogens is 4. The molecule has 12 heteroatoms. The van der Waals surface area contributed by atoms with E-state index in [4.69, 9.17) is 9.47 Å². The van der Waals surface area contributed by atoms with Crippen molar-refractivity contribution in [3.63, 3.8) is 0 Å². The van der Waals surface area contributed by atoms with Crippen LogP contribution in [0.25, 0.3) is 22.2 Å². The second-order valence-electron chi connectivity index (χ2n) is 11.2. The number of nitrogens with zero attached hydrogens (tertiary/aromatic N) is 5. The van der Waals surface area contributed by atoms with Crippen molar-refractivity contribution in [2.24, 2.45) is 0 Å². The molecule has 0 saturated carbocycles. The third-order valence-electron chi connectivity index (χ3n) is 8.15. The lowest BCUT2D eigenvalue weighted by Crippen LogP contribution is -2.29. The Hall–Kier alpha value is -5.46. The fourth-order valence-corrected chi connectivity index (χ4v) is 7.89. The highest BCUT2D eigenvalue weighted by Gasteiger charge is 2.49. The van der Waals surface area contributed by atoms with Gasteiger partial charge < -0.3 is 14.6 Å². The number of aliphatic hydroxyl groups excluding tert-OH is 1.